The zero-order valence-corrected chi connectivity index (χ0v) is 23.1. The number of rotatable bonds is 7. The van der Waals surface area contributed by atoms with Crippen molar-refractivity contribution in [2.24, 2.45) is 11.8 Å². The van der Waals surface area contributed by atoms with E-state index in [-0.39, 0.29) is 11.7 Å². The molecule has 0 bridgehead atoms. The highest BCUT2D eigenvalue weighted by atomic mass is 16.1. The minimum absolute atomic E-state index is 0.0930. The lowest BCUT2D eigenvalue weighted by Gasteiger charge is -2.17. The van der Waals surface area contributed by atoms with Crippen molar-refractivity contribution >= 4 is 5.78 Å². The van der Waals surface area contributed by atoms with E-state index in [1.807, 2.05) is 39.8 Å². The molecule has 0 radical (unpaired) electrons. The maximum atomic E-state index is 13.1. The zero-order chi connectivity index (χ0) is 25.1. The standard InChI is InChI=1S/C29H38O.2C2H6/c1-20-8-13-27(18-20)28-17-16-26(19-21(28)2)22(3)29(30)25-14-11-24(12-15-25)10-9-23-6-4-5-7-23;2*1-2/h11-12,14-17,19-20,22-23,27H,4-10,13,18H2,1-3H3;2*1-2H3. The molecule has 1 heteroatoms. The van der Waals surface area contributed by atoms with Crippen LogP contribution in [0, 0.1) is 18.8 Å². The van der Waals surface area contributed by atoms with Crippen LogP contribution in [0.4, 0.5) is 0 Å². The minimum atomic E-state index is -0.0930. The Morgan fingerprint density at radius 1 is 0.912 bits per heavy atom. The van der Waals surface area contributed by atoms with Crippen molar-refractivity contribution in [1.29, 1.82) is 0 Å². The third-order valence-corrected chi connectivity index (χ3v) is 7.88. The Hall–Kier alpha value is -1.89. The largest absolute Gasteiger partial charge is 0.294 e. The fraction of sp³-hybridized carbons (Fsp3) is 0.606. The Morgan fingerprint density at radius 2 is 1.56 bits per heavy atom. The molecule has 2 saturated carbocycles. The van der Waals surface area contributed by atoms with Gasteiger partial charge in [-0.05, 0) is 72.6 Å². The van der Waals surface area contributed by atoms with Crippen molar-refractivity contribution < 1.29 is 4.79 Å². The molecule has 3 atom stereocenters. The number of Topliss-reactive ketones (excluding diaryl/α,β-unsaturated/α-hetero) is 1. The molecule has 4 rings (SSSR count). The molecule has 2 aromatic carbocycles. The average Bonchev–Trinajstić information content (AvgIpc) is 3.56. The van der Waals surface area contributed by atoms with Crippen LogP contribution in [0.5, 0.6) is 0 Å². The molecule has 188 valence electrons. The summed E-state index contributed by atoms with van der Waals surface area (Å²) in [6, 6.07) is 15.2. The van der Waals surface area contributed by atoms with E-state index in [1.54, 1.807) is 0 Å². The highest BCUT2D eigenvalue weighted by Gasteiger charge is 2.25. The van der Waals surface area contributed by atoms with Gasteiger partial charge in [-0.15, -0.1) is 0 Å². The number of benzene rings is 2. The number of aryl methyl sites for hydroxylation is 2. The first-order chi connectivity index (χ1) is 16.5. The molecule has 0 heterocycles. The highest BCUT2D eigenvalue weighted by molar-refractivity contribution is 6.00. The van der Waals surface area contributed by atoms with Gasteiger partial charge in [-0.25, -0.2) is 0 Å². The predicted octanol–water partition coefficient (Wildman–Crippen LogP) is 10.1. The smallest absolute Gasteiger partial charge is 0.170 e. The first-order valence-corrected chi connectivity index (χ1v) is 14.2. The number of hydrogen-bond acceptors (Lipinski definition) is 1. The van der Waals surface area contributed by atoms with Gasteiger partial charge in [0.15, 0.2) is 5.78 Å². The molecule has 2 aliphatic rings. The minimum Gasteiger partial charge on any atom is -0.294 e. The van der Waals surface area contributed by atoms with Crippen LogP contribution in [-0.4, -0.2) is 5.78 Å². The third kappa shape index (κ3) is 7.56. The topological polar surface area (TPSA) is 17.1 Å². The fourth-order valence-electron chi connectivity index (χ4n) is 5.82. The van der Waals surface area contributed by atoms with Crippen LogP contribution in [-0.2, 0) is 6.42 Å². The monoisotopic (exact) mass is 462 g/mol. The normalized spacial score (nSPS) is 20.7. The van der Waals surface area contributed by atoms with Crippen molar-refractivity contribution in [3.63, 3.8) is 0 Å². The molecule has 0 amide bonds. The maximum Gasteiger partial charge on any atom is 0.170 e. The fourth-order valence-corrected chi connectivity index (χ4v) is 5.82. The summed E-state index contributed by atoms with van der Waals surface area (Å²) < 4.78 is 0. The van der Waals surface area contributed by atoms with Crippen LogP contribution in [0.25, 0.3) is 0 Å². The maximum absolute atomic E-state index is 13.1. The van der Waals surface area contributed by atoms with Gasteiger partial charge in [0.25, 0.3) is 0 Å². The van der Waals surface area contributed by atoms with Crippen molar-refractivity contribution in [3.05, 3.63) is 70.3 Å². The Balaban J connectivity index is 0.000000970. The SMILES string of the molecule is CC.CC.Cc1cc(C(C)C(=O)c2ccc(CCC3CCCC3)cc2)ccc1C1CCC(C)C1. The van der Waals surface area contributed by atoms with E-state index in [9.17, 15) is 4.79 Å². The van der Waals surface area contributed by atoms with Crippen LogP contribution < -0.4 is 0 Å². The lowest BCUT2D eigenvalue weighted by Crippen LogP contribution is -2.10. The molecule has 1 nitrogen and oxygen atoms in total. The first-order valence-electron chi connectivity index (χ1n) is 14.2. The van der Waals surface area contributed by atoms with Crippen molar-refractivity contribution in [2.45, 2.75) is 118 Å². The number of ketones is 1. The van der Waals surface area contributed by atoms with Gasteiger partial charge in [0.05, 0.1) is 0 Å². The van der Waals surface area contributed by atoms with E-state index in [0.717, 1.165) is 29.4 Å². The zero-order valence-electron chi connectivity index (χ0n) is 23.1. The van der Waals surface area contributed by atoms with Crippen LogP contribution in [0.15, 0.2) is 42.5 Å². The molecular weight excluding hydrogens is 412 g/mol. The molecule has 3 unspecified atom stereocenters. The van der Waals surface area contributed by atoms with Gasteiger partial charge in [-0.3, -0.25) is 4.79 Å². The Morgan fingerprint density at radius 3 is 2.12 bits per heavy atom. The van der Waals surface area contributed by atoms with Gasteiger partial charge < -0.3 is 0 Å². The van der Waals surface area contributed by atoms with E-state index in [4.69, 9.17) is 0 Å². The van der Waals surface area contributed by atoms with Gasteiger partial charge in [0, 0.05) is 11.5 Å². The molecule has 34 heavy (non-hydrogen) atoms. The summed E-state index contributed by atoms with van der Waals surface area (Å²) >= 11 is 0. The van der Waals surface area contributed by atoms with Gasteiger partial charge in [-0.2, -0.15) is 0 Å². The van der Waals surface area contributed by atoms with Crippen molar-refractivity contribution in [1.82, 2.24) is 0 Å². The Bertz CT molecular complexity index is 857. The summed E-state index contributed by atoms with van der Waals surface area (Å²) in [5.41, 5.74) is 6.22. The van der Waals surface area contributed by atoms with E-state index in [1.165, 1.54) is 68.1 Å². The summed E-state index contributed by atoms with van der Waals surface area (Å²) in [5.74, 6) is 2.61. The summed E-state index contributed by atoms with van der Waals surface area (Å²) in [6.45, 7) is 14.6. The lowest BCUT2D eigenvalue weighted by atomic mass is 9.86. The van der Waals surface area contributed by atoms with Crippen LogP contribution in [0.3, 0.4) is 0 Å². The second-order valence-electron chi connectivity index (χ2n) is 10.2. The molecule has 0 aliphatic heterocycles. The number of carbonyl (C=O) groups excluding carboxylic acids is 1. The Kier molecular flexibility index (Phi) is 12.1. The number of hydrogen-bond donors (Lipinski definition) is 0. The van der Waals surface area contributed by atoms with Crippen LogP contribution >= 0.6 is 0 Å². The summed E-state index contributed by atoms with van der Waals surface area (Å²) in [5, 5.41) is 0. The van der Waals surface area contributed by atoms with E-state index in [2.05, 4.69) is 51.1 Å². The quantitative estimate of drug-likeness (QED) is 0.374. The second kappa shape index (κ2) is 14.5. The summed E-state index contributed by atoms with van der Waals surface area (Å²) in [7, 11) is 0. The van der Waals surface area contributed by atoms with E-state index < -0.39 is 0 Å². The molecule has 0 saturated heterocycles. The summed E-state index contributed by atoms with van der Waals surface area (Å²) in [4.78, 5) is 13.1. The van der Waals surface area contributed by atoms with Gasteiger partial charge in [0.1, 0.15) is 0 Å². The van der Waals surface area contributed by atoms with E-state index >= 15 is 0 Å². The highest BCUT2D eigenvalue weighted by Crippen LogP contribution is 2.39. The molecule has 2 aromatic rings. The molecule has 0 aromatic heterocycles. The molecule has 2 fully saturated rings. The molecular formula is C33H50O. The third-order valence-electron chi connectivity index (χ3n) is 7.88. The van der Waals surface area contributed by atoms with Gasteiger partial charge in [-0.1, -0.05) is 116 Å². The second-order valence-corrected chi connectivity index (χ2v) is 10.2. The predicted molar refractivity (Wildman–Crippen MR) is 149 cm³/mol. The lowest BCUT2D eigenvalue weighted by molar-refractivity contribution is 0.0966. The van der Waals surface area contributed by atoms with E-state index in [0.29, 0.717) is 5.92 Å². The molecule has 2 aliphatic carbocycles. The van der Waals surface area contributed by atoms with Crippen LogP contribution in [0.2, 0.25) is 0 Å². The first kappa shape index (κ1) is 28.3. The number of carbonyl (C=O) groups is 1. The Labute approximate surface area is 210 Å². The van der Waals surface area contributed by atoms with Crippen molar-refractivity contribution in [3.8, 4) is 0 Å². The average molecular weight is 463 g/mol. The molecule has 0 spiro atoms. The van der Waals surface area contributed by atoms with Crippen LogP contribution in [0.1, 0.15) is 137 Å². The van der Waals surface area contributed by atoms with Crippen molar-refractivity contribution in [2.75, 3.05) is 0 Å². The van der Waals surface area contributed by atoms with Gasteiger partial charge in [0.2, 0.25) is 0 Å². The summed E-state index contributed by atoms with van der Waals surface area (Å²) in [6.07, 6.45) is 12.1. The van der Waals surface area contributed by atoms with Gasteiger partial charge >= 0.3 is 0 Å². The molecule has 0 N–H and O–H groups in total.